The second-order valence-electron chi connectivity index (χ2n) is 4.97. The van der Waals surface area contributed by atoms with Gasteiger partial charge in [0.15, 0.2) is 0 Å². The highest BCUT2D eigenvalue weighted by atomic mass is 35.5. The van der Waals surface area contributed by atoms with Gasteiger partial charge in [-0.1, -0.05) is 41.9 Å². The fraction of sp³-hybridized carbons (Fsp3) is 0.188. The molecule has 0 radical (unpaired) electrons. The van der Waals surface area contributed by atoms with Crippen molar-refractivity contribution in [3.05, 3.63) is 74.3 Å². The van der Waals surface area contributed by atoms with Crippen molar-refractivity contribution in [2.75, 3.05) is 6.54 Å². The van der Waals surface area contributed by atoms with E-state index in [1.165, 1.54) is 12.1 Å². The van der Waals surface area contributed by atoms with Crippen LogP contribution in [0.25, 0.3) is 0 Å². The second kappa shape index (κ2) is 7.21. The van der Waals surface area contributed by atoms with Crippen molar-refractivity contribution >= 4 is 23.2 Å². The Bertz CT molecular complexity index is 749. The Morgan fingerprint density at radius 1 is 1.30 bits per heavy atom. The molecule has 0 aliphatic carbocycles. The number of aliphatic hydroxyl groups is 1. The van der Waals surface area contributed by atoms with Crippen molar-refractivity contribution in [1.29, 1.82) is 0 Å². The number of nitro groups is 1. The van der Waals surface area contributed by atoms with Crippen LogP contribution in [0.1, 0.15) is 27.6 Å². The van der Waals surface area contributed by atoms with Gasteiger partial charge in [0, 0.05) is 23.2 Å². The number of benzene rings is 2. The summed E-state index contributed by atoms with van der Waals surface area (Å²) in [5, 5.41) is 24.0. The molecule has 0 saturated carbocycles. The lowest BCUT2D eigenvalue weighted by Crippen LogP contribution is -2.29. The van der Waals surface area contributed by atoms with Crippen molar-refractivity contribution in [2.24, 2.45) is 0 Å². The Balaban J connectivity index is 2.15. The molecule has 2 rings (SSSR count). The predicted octanol–water partition coefficient (Wildman–Crippen LogP) is 3.02. The fourth-order valence-electron chi connectivity index (χ4n) is 2.23. The van der Waals surface area contributed by atoms with Crippen molar-refractivity contribution < 1.29 is 14.8 Å². The van der Waals surface area contributed by atoms with Gasteiger partial charge in [-0.05, 0) is 18.6 Å². The maximum absolute atomic E-state index is 12.3. The number of carbonyl (C=O) groups is 1. The number of nitrogens with zero attached hydrogens (tertiary/aromatic N) is 1. The molecule has 0 unspecified atom stereocenters. The number of hydrogen-bond acceptors (Lipinski definition) is 4. The summed E-state index contributed by atoms with van der Waals surface area (Å²) in [4.78, 5) is 22.7. The van der Waals surface area contributed by atoms with Gasteiger partial charge in [-0.25, -0.2) is 0 Å². The number of carbonyl (C=O) groups excluding carboxylic acids is 1. The maximum Gasteiger partial charge on any atom is 0.282 e. The summed E-state index contributed by atoms with van der Waals surface area (Å²) in [5.74, 6) is -0.610. The Hall–Kier alpha value is -2.44. The highest BCUT2D eigenvalue weighted by molar-refractivity contribution is 6.31. The van der Waals surface area contributed by atoms with E-state index in [0.717, 1.165) is 0 Å². The first-order valence-electron chi connectivity index (χ1n) is 6.86. The largest absolute Gasteiger partial charge is 0.387 e. The first kappa shape index (κ1) is 16.9. The SMILES string of the molecule is Cc1cccc([N+](=O)[O-])c1C(=O)NC[C@@H](O)c1ccccc1Cl. The highest BCUT2D eigenvalue weighted by Gasteiger charge is 2.23. The van der Waals surface area contributed by atoms with Gasteiger partial charge < -0.3 is 10.4 Å². The van der Waals surface area contributed by atoms with Crippen molar-refractivity contribution in [3.63, 3.8) is 0 Å². The van der Waals surface area contributed by atoms with Crippen LogP contribution in [0.15, 0.2) is 42.5 Å². The average Bonchev–Trinajstić information content (AvgIpc) is 2.52. The molecule has 0 bridgehead atoms. The predicted molar refractivity (Wildman–Crippen MR) is 86.6 cm³/mol. The van der Waals surface area contributed by atoms with Crippen molar-refractivity contribution in [1.82, 2.24) is 5.32 Å². The molecule has 2 aromatic rings. The molecule has 120 valence electrons. The molecule has 1 atom stereocenters. The minimum atomic E-state index is -1.00. The summed E-state index contributed by atoms with van der Waals surface area (Å²) in [6, 6.07) is 11.1. The minimum absolute atomic E-state index is 0.0103. The van der Waals surface area contributed by atoms with E-state index < -0.39 is 16.9 Å². The number of aryl methyl sites for hydroxylation is 1. The minimum Gasteiger partial charge on any atom is -0.387 e. The van der Waals surface area contributed by atoms with Crippen LogP contribution >= 0.6 is 11.6 Å². The standard InChI is InChI=1S/C16H15ClN2O4/c1-10-5-4-8-13(19(22)23)15(10)16(21)18-9-14(20)11-6-2-3-7-12(11)17/h2-8,14,20H,9H2,1H3,(H,18,21)/t14-/m1/s1. The molecule has 0 aromatic heterocycles. The first-order valence-corrected chi connectivity index (χ1v) is 7.24. The lowest BCUT2D eigenvalue weighted by molar-refractivity contribution is -0.385. The van der Waals surface area contributed by atoms with Crippen LogP contribution < -0.4 is 5.32 Å². The second-order valence-corrected chi connectivity index (χ2v) is 5.38. The Morgan fingerprint density at radius 2 is 2.00 bits per heavy atom. The van der Waals surface area contributed by atoms with Crippen LogP contribution in [0, 0.1) is 17.0 Å². The van der Waals surface area contributed by atoms with Crippen LogP contribution in [0.3, 0.4) is 0 Å². The number of halogens is 1. The maximum atomic E-state index is 12.3. The van der Waals surface area contributed by atoms with Crippen LogP contribution in [0.5, 0.6) is 0 Å². The van der Waals surface area contributed by atoms with E-state index in [9.17, 15) is 20.0 Å². The van der Waals surface area contributed by atoms with Gasteiger partial charge in [-0.15, -0.1) is 0 Å². The van der Waals surface area contributed by atoms with Gasteiger partial charge in [0.05, 0.1) is 11.0 Å². The van der Waals surface area contributed by atoms with Gasteiger partial charge in [-0.3, -0.25) is 14.9 Å². The van der Waals surface area contributed by atoms with Crippen LogP contribution in [-0.2, 0) is 0 Å². The number of nitro benzene ring substituents is 1. The summed E-state index contributed by atoms with van der Waals surface area (Å²) in [5.41, 5.74) is 0.691. The van der Waals surface area contributed by atoms with Crippen molar-refractivity contribution in [2.45, 2.75) is 13.0 Å². The molecule has 0 aliphatic heterocycles. The van der Waals surface area contributed by atoms with E-state index in [1.54, 1.807) is 37.3 Å². The molecule has 0 fully saturated rings. The lowest BCUT2D eigenvalue weighted by atomic mass is 10.1. The lowest BCUT2D eigenvalue weighted by Gasteiger charge is -2.14. The monoisotopic (exact) mass is 334 g/mol. The molecule has 2 aromatic carbocycles. The van der Waals surface area contributed by atoms with E-state index >= 15 is 0 Å². The first-order chi connectivity index (χ1) is 10.9. The van der Waals surface area contributed by atoms with Gasteiger partial charge in [0.1, 0.15) is 5.56 Å². The smallest absolute Gasteiger partial charge is 0.282 e. The molecule has 6 nitrogen and oxygen atoms in total. The Morgan fingerprint density at radius 3 is 2.65 bits per heavy atom. The number of amides is 1. The topological polar surface area (TPSA) is 92.5 Å². The molecule has 0 saturated heterocycles. The van der Waals surface area contributed by atoms with Crippen molar-refractivity contribution in [3.8, 4) is 0 Å². The zero-order valence-electron chi connectivity index (χ0n) is 12.3. The van der Waals surface area contributed by atoms with Crippen LogP contribution in [-0.4, -0.2) is 22.5 Å². The molecule has 23 heavy (non-hydrogen) atoms. The van der Waals surface area contributed by atoms with Gasteiger partial charge in [-0.2, -0.15) is 0 Å². The van der Waals surface area contributed by atoms with Crippen LogP contribution in [0.4, 0.5) is 5.69 Å². The summed E-state index contributed by atoms with van der Waals surface area (Å²) in [6.45, 7) is 1.51. The van der Waals surface area contributed by atoms with Crippen LogP contribution in [0.2, 0.25) is 5.02 Å². The summed E-state index contributed by atoms with van der Waals surface area (Å²) in [6.07, 6.45) is -1.00. The van der Waals surface area contributed by atoms with Gasteiger partial charge >= 0.3 is 0 Å². The number of hydrogen-bond donors (Lipinski definition) is 2. The third-order valence-corrected chi connectivity index (χ3v) is 3.74. The third-order valence-electron chi connectivity index (χ3n) is 3.39. The van der Waals surface area contributed by atoms with E-state index in [0.29, 0.717) is 16.1 Å². The molecule has 2 N–H and O–H groups in total. The quantitative estimate of drug-likeness (QED) is 0.649. The van der Waals surface area contributed by atoms with E-state index in [2.05, 4.69) is 5.32 Å². The molecule has 1 amide bonds. The summed E-state index contributed by atoms with van der Waals surface area (Å²) >= 11 is 5.98. The van der Waals surface area contributed by atoms with Gasteiger partial charge in [0.25, 0.3) is 11.6 Å². The zero-order chi connectivity index (χ0) is 17.0. The third kappa shape index (κ3) is 3.85. The highest BCUT2D eigenvalue weighted by Crippen LogP contribution is 2.24. The molecular weight excluding hydrogens is 320 g/mol. The molecule has 0 heterocycles. The summed E-state index contributed by atoms with van der Waals surface area (Å²) < 4.78 is 0. The Labute approximate surface area is 137 Å². The number of rotatable bonds is 5. The van der Waals surface area contributed by atoms with E-state index in [1.807, 2.05) is 0 Å². The average molecular weight is 335 g/mol. The molecular formula is C16H15ClN2O4. The molecule has 7 heteroatoms. The number of nitrogens with one attached hydrogen (secondary N) is 1. The summed E-state index contributed by atoms with van der Waals surface area (Å²) in [7, 11) is 0. The molecule has 0 aliphatic rings. The zero-order valence-corrected chi connectivity index (χ0v) is 13.1. The van der Waals surface area contributed by atoms with E-state index in [-0.39, 0.29) is 17.8 Å². The number of aliphatic hydroxyl groups excluding tert-OH is 1. The van der Waals surface area contributed by atoms with E-state index in [4.69, 9.17) is 11.6 Å². The fourth-order valence-corrected chi connectivity index (χ4v) is 2.49. The molecule has 0 spiro atoms. The Kier molecular flexibility index (Phi) is 5.31. The van der Waals surface area contributed by atoms with Gasteiger partial charge in [0.2, 0.25) is 0 Å². The normalized spacial score (nSPS) is 11.8.